The maximum absolute atomic E-state index is 2.88. The van der Waals surface area contributed by atoms with E-state index in [1.54, 1.807) is 0 Å². The Kier molecular flexibility index (Phi) is 4.63. The zero-order valence-electron chi connectivity index (χ0n) is 14.6. The van der Waals surface area contributed by atoms with E-state index in [9.17, 15) is 0 Å². The minimum absolute atomic E-state index is 0.581. The third-order valence-electron chi connectivity index (χ3n) is 6.24. The van der Waals surface area contributed by atoms with Crippen molar-refractivity contribution in [3.63, 3.8) is 0 Å². The highest BCUT2D eigenvalue weighted by Crippen LogP contribution is 2.45. The maximum Gasteiger partial charge on any atom is 0.0338 e. The van der Waals surface area contributed by atoms with Crippen LogP contribution in [0, 0.1) is 5.92 Å². The summed E-state index contributed by atoms with van der Waals surface area (Å²) in [5.41, 5.74) is 0.581. The molecule has 122 valence electrons. The van der Waals surface area contributed by atoms with Crippen molar-refractivity contribution < 1.29 is 0 Å². The number of hydrogen-bond donors (Lipinski definition) is 0. The van der Waals surface area contributed by atoms with Gasteiger partial charge in [0.1, 0.15) is 0 Å². The third kappa shape index (κ3) is 3.46. The molecule has 0 aromatic heterocycles. The standard InChI is InChI=1S/C18H35N3/c1-15(2)19-9-5-17(6-10-19)13-21-12-11-20(16(3)4)14-18(21)7-8-18/h15-17H,5-14H2,1-4H3. The molecular formula is C18H35N3. The predicted octanol–water partition coefficient (Wildman–Crippen LogP) is 2.67. The molecule has 3 nitrogen and oxygen atoms in total. The van der Waals surface area contributed by atoms with Crippen LogP contribution in [0.1, 0.15) is 53.4 Å². The second-order valence-electron chi connectivity index (χ2n) is 8.31. The van der Waals surface area contributed by atoms with Crippen LogP contribution < -0.4 is 0 Å². The fourth-order valence-electron chi connectivity index (χ4n) is 4.35. The van der Waals surface area contributed by atoms with Gasteiger partial charge in [-0.1, -0.05) is 0 Å². The molecule has 3 aliphatic rings. The van der Waals surface area contributed by atoms with Gasteiger partial charge in [0.15, 0.2) is 0 Å². The zero-order chi connectivity index (χ0) is 15.0. The van der Waals surface area contributed by atoms with Gasteiger partial charge in [-0.2, -0.15) is 0 Å². The van der Waals surface area contributed by atoms with Gasteiger partial charge in [-0.15, -0.1) is 0 Å². The molecule has 0 radical (unpaired) electrons. The van der Waals surface area contributed by atoms with E-state index in [0.29, 0.717) is 5.54 Å². The first-order valence-corrected chi connectivity index (χ1v) is 9.23. The largest absolute Gasteiger partial charge is 0.301 e. The summed E-state index contributed by atoms with van der Waals surface area (Å²) in [6.45, 7) is 17.3. The summed E-state index contributed by atoms with van der Waals surface area (Å²) >= 11 is 0. The van der Waals surface area contributed by atoms with E-state index in [0.717, 1.165) is 18.0 Å². The third-order valence-corrected chi connectivity index (χ3v) is 6.24. The van der Waals surface area contributed by atoms with E-state index in [2.05, 4.69) is 42.4 Å². The number of likely N-dealkylation sites (tertiary alicyclic amines) is 1. The van der Waals surface area contributed by atoms with E-state index in [-0.39, 0.29) is 0 Å². The summed E-state index contributed by atoms with van der Waals surface area (Å²) in [7, 11) is 0. The first-order chi connectivity index (χ1) is 10.00. The first-order valence-electron chi connectivity index (χ1n) is 9.23. The molecule has 3 heteroatoms. The van der Waals surface area contributed by atoms with Crippen molar-refractivity contribution in [2.45, 2.75) is 71.0 Å². The van der Waals surface area contributed by atoms with Crippen molar-refractivity contribution >= 4 is 0 Å². The Morgan fingerprint density at radius 1 is 0.857 bits per heavy atom. The molecule has 2 saturated heterocycles. The van der Waals surface area contributed by atoms with Gasteiger partial charge in [-0.3, -0.25) is 9.80 Å². The summed E-state index contributed by atoms with van der Waals surface area (Å²) in [6, 6.07) is 1.45. The van der Waals surface area contributed by atoms with Gasteiger partial charge in [0.2, 0.25) is 0 Å². The van der Waals surface area contributed by atoms with Gasteiger partial charge < -0.3 is 4.90 Å². The molecule has 0 N–H and O–H groups in total. The summed E-state index contributed by atoms with van der Waals surface area (Å²) in [5, 5.41) is 0. The van der Waals surface area contributed by atoms with Gasteiger partial charge >= 0.3 is 0 Å². The minimum atomic E-state index is 0.581. The van der Waals surface area contributed by atoms with Crippen LogP contribution in [0.2, 0.25) is 0 Å². The molecule has 1 aliphatic carbocycles. The van der Waals surface area contributed by atoms with Crippen molar-refractivity contribution in [2.24, 2.45) is 5.92 Å². The number of hydrogen-bond acceptors (Lipinski definition) is 3. The highest BCUT2D eigenvalue weighted by Gasteiger charge is 2.51. The van der Waals surface area contributed by atoms with Crippen LogP contribution in [0.5, 0.6) is 0 Å². The van der Waals surface area contributed by atoms with Crippen molar-refractivity contribution in [1.29, 1.82) is 0 Å². The lowest BCUT2D eigenvalue weighted by atomic mass is 9.94. The lowest BCUT2D eigenvalue weighted by Gasteiger charge is -2.46. The summed E-state index contributed by atoms with van der Waals surface area (Å²) in [5.74, 6) is 0.947. The fraction of sp³-hybridized carbons (Fsp3) is 1.00. The molecule has 21 heavy (non-hydrogen) atoms. The Bertz CT molecular complexity index is 340. The van der Waals surface area contributed by atoms with Crippen LogP contribution >= 0.6 is 0 Å². The Balaban J connectivity index is 1.50. The zero-order valence-corrected chi connectivity index (χ0v) is 14.6. The molecule has 1 saturated carbocycles. The van der Waals surface area contributed by atoms with Crippen molar-refractivity contribution in [1.82, 2.24) is 14.7 Å². The maximum atomic E-state index is 2.88. The number of rotatable bonds is 4. The molecule has 2 heterocycles. The van der Waals surface area contributed by atoms with Gasteiger partial charge in [0.05, 0.1) is 0 Å². The predicted molar refractivity (Wildman–Crippen MR) is 89.7 cm³/mol. The molecule has 0 unspecified atom stereocenters. The molecule has 3 fully saturated rings. The Labute approximate surface area is 131 Å². The SMILES string of the molecule is CC(C)N1CCC(CN2CCN(C(C)C)CC23CC3)CC1. The molecule has 0 aromatic rings. The fourth-order valence-corrected chi connectivity index (χ4v) is 4.35. The average Bonchev–Trinajstić information content (AvgIpc) is 3.22. The molecule has 0 amide bonds. The van der Waals surface area contributed by atoms with E-state index >= 15 is 0 Å². The smallest absolute Gasteiger partial charge is 0.0338 e. The molecule has 2 aliphatic heterocycles. The molecule has 0 aromatic carbocycles. The number of nitrogens with zero attached hydrogens (tertiary/aromatic N) is 3. The lowest BCUT2D eigenvalue weighted by molar-refractivity contribution is 0.0216. The summed E-state index contributed by atoms with van der Waals surface area (Å²) < 4.78 is 0. The Morgan fingerprint density at radius 2 is 1.48 bits per heavy atom. The monoisotopic (exact) mass is 293 g/mol. The minimum Gasteiger partial charge on any atom is -0.301 e. The lowest BCUT2D eigenvalue weighted by Crippen LogP contribution is -2.57. The quantitative estimate of drug-likeness (QED) is 0.789. The number of piperidine rings is 1. The summed E-state index contributed by atoms with van der Waals surface area (Å²) in [4.78, 5) is 8.23. The second kappa shape index (κ2) is 6.17. The number of piperazine rings is 1. The molecule has 0 bridgehead atoms. The van der Waals surface area contributed by atoms with Crippen LogP contribution in [0.25, 0.3) is 0 Å². The van der Waals surface area contributed by atoms with E-state index in [1.807, 2.05) is 0 Å². The molecule has 3 rings (SSSR count). The van der Waals surface area contributed by atoms with Crippen LogP contribution in [-0.2, 0) is 0 Å². The highest BCUT2D eigenvalue weighted by atomic mass is 15.3. The van der Waals surface area contributed by atoms with E-state index in [1.165, 1.54) is 65.0 Å². The van der Waals surface area contributed by atoms with Gasteiger partial charge in [-0.25, -0.2) is 0 Å². The normalized spacial score (nSPS) is 28.9. The van der Waals surface area contributed by atoms with Crippen LogP contribution in [0.4, 0.5) is 0 Å². The van der Waals surface area contributed by atoms with Crippen LogP contribution in [-0.4, -0.2) is 71.6 Å². The summed E-state index contributed by atoms with van der Waals surface area (Å²) in [6.07, 6.45) is 5.72. The van der Waals surface area contributed by atoms with Crippen molar-refractivity contribution in [3.8, 4) is 0 Å². The highest BCUT2D eigenvalue weighted by molar-refractivity contribution is 5.09. The second-order valence-corrected chi connectivity index (χ2v) is 8.31. The van der Waals surface area contributed by atoms with E-state index in [4.69, 9.17) is 0 Å². The average molecular weight is 293 g/mol. The van der Waals surface area contributed by atoms with Gasteiger partial charge in [0, 0.05) is 43.8 Å². The molecular weight excluding hydrogens is 258 g/mol. The first kappa shape index (κ1) is 15.8. The molecule has 1 spiro atoms. The van der Waals surface area contributed by atoms with Gasteiger partial charge in [0.25, 0.3) is 0 Å². The molecule has 0 atom stereocenters. The van der Waals surface area contributed by atoms with Crippen LogP contribution in [0.15, 0.2) is 0 Å². The van der Waals surface area contributed by atoms with Gasteiger partial charge in [-0.05, 0) is 72.4 Å². The van der Waals surface area contributed by atoms with E-state index < -0.39 is 0 Å². The van der Waals surface area contributed by atoms with Crippen LogP contribution in [0.3, 0.4) is 0 Å². The Hall–Kier alpha value is -0.120. The van der Waals surface area contributed by atoms with Crippen molar-refractivity contribution in [2.75, 3.05) is 39.3 Å². The van der Waals surface area contributed by atoms with Crippen molar-refractivity contribution in [3.05, 3.63) is 0 Å². The Morgan fingerprint density at radius 3 is 2.00 bits per heavy atom. The topological polar surface area (TPSA) is 9.72 Å².